The Labute approximate surface area is 94.3 Å². The Hall–Kier alpha value is -1.80. The maximum absolute atomic E-state index is 11.6. The van der Waals surface area contributed by atoms with E-state index >= 15 is 0 Å². The zero-order valence-electron chi connectivity index (χ0n) is 9.53. The summed E-state index contributed by atoms with van der Waals surface area (Å²) in [5, 5.41) is 0. The molecule has 0 fully saturated rings. The van der Waals surface area contributed by atoms with Gasteiger partial charge in [-0.1, -0.05) is 19.6 Å². The van der Waals surface area contributed by atoms with Crippen molar-refractivity contribution in [1.82, 2.24) is 14.5 Å². The van der Waals surface area contributed by atoms with Gasteiger partial charge in [-0.2, -0.15) is 0 Å². The van der Waals surface area contributed by atoms with Crippen LogP contribution < -0.4 is 5.69 Å². The van der Waals surface area contributed by atoms with Gasteiger partial charge in [0, 0.05) is 12.2 Å². The Morgan fingerprint density at radius 3 is 2.88 bits per heavy atom. The highest BCUT2D eigenvalue weighted by atomic mass is 28.3. The van der Waals surface area contributed by atoms with Gasteiger partial charge < -0.3 is 0 Å². The molecule has 0 atom stereocenters. The monoisotopic (exact) mass is 231 g/mol. The molecule has 0 aliphatic carbocycles. The molecule has 2 aromatic heterocycles. The van der Waals surface area contributed by atoms with E-state index in [1.54, 1.807) is 12.3 Å². The smallest absolute Gasteiger partial charge is 0.289 e. The summed E-state index contributed by atoms with van der Waals surface area (Å²) in [5.41, 5.74) is 4.25. The van der Waals surface area contributed by atoms with Gasteiger partial charge in [0.25, 0.3) is 0 Å². The third-order valence-corrected chi connectivity index (χ3v) is 2.86. The van der Waals surface area contributed by atoms with Crippen LogP contribution in [0.3, 0.4) is 0 Å². The van der Waals surface area contributed by atoms with E-state index in [9.17, 15) is 4.79 Å². The molecule has 2 rings (SSSR count). The van der Waals surface area contributed by atoms with Crippen molar-refractivity contribution in [3.63, 3.8) is 0 Å². The minimum absolute atomic E-state index is 0.223. The molecule has 0 saturated carbocycles. The van der Waals surface area contributed by atoms with Crippen LogP contribution in [0.15, 0.2) is 23.1 Å². The molecule has 0 amide bonds. The molecule has 5 heteroatoms. The van der Waals surface area contributed by atoms with Crippen LogP contribution in [0.4, 0.5) is 0 Å². The van der Waals surface area contributed by atoms with Gasteiger partial charge in [-0.15, -0.1) is 5.54 Å². The molecule has 0 aromatic carbocycles. The van der Waals surface area contributed by atoms with Crippen LogP contribution in [-0.2, 0) is 0 Å². The SMILES string of the molecule is C[Si](C)(C)C#Cn1c(=O)[nH]c2ncccc21. The van der Waals surface area contributed by atoms with Crippen LogP contribution in [0.25, 0.3) is 11.2 Å². The number of rotatable bonds is 0. The van der Waals surface area contributed by atoms with Gasteiger partial charge in [-0.25, -0.2) is 14.3 Å². The van der Waals surface area contributed by atoms with Crippen molar-refractivity contribution in [1.29, 1.82) is 0 Å². The first kappa shape index (κ1) is 10.7. The number of fused-ring (bicyclic) bond motifs is 1. The normalized spacial score (nSPS) is 11.2. The van der Waals surface area contributed by atoms with Crippen molar-refractivity contribution >= 4 is 19.2 Å². The molecule has 2 heterocycles. The van der Waals surface area contributed by atoms with E-state index in [0.717, 1.165) is 5.52 Å². The first-order chi connectivity index (χ1) is 7.47. The highest BCUT2D eigenvalue weighted by Crippen LogP contribution is 2.04. The lowest BCUT2D eigenvalue weighted by Crippen LogP contribution is -2.19. The number of aromatic nitrogens is 3. The predicted octanol–water partition coefficient (Wildman–Crippen LogP) is 1.41. The van der Waals surface area contributed by atoms with Crippen LogP contribution in [0, 0.1) is 11.6 Å². The molecule has 16 heavy (non-hydrogen) atoms. The number of aromatic amines is 1. The van der Waals surface area contributed by atoms with Crippen LogP contribution >= 0.6 is 0 Å². The van der Waals surface area contributed by atoms with Gasteiger partial charge in [0.1, 0.15) is 13.6 Å². The average molecular weight is 231 g/mol. The first-order valence-electron chi connectivity index (χ1n) is 5.06. The lowest BCUT2D eigenvalue weighted by Gasteiger charge is -2.02. The molecule has 2 aromatic rings. The van der Waals surface area contributed by atoms with Crippen molar-refractivity contribution in [2.75, 3.05) is 0 Å². The van der Waals surface area contributed by atoms with Gasteiger partial charge in [0.05, 0.1) is 0 Å². The molecular weight excluding hydrogens is 218 g/mol. The van der Waals surface area contributed by atoms with Crippen LogP contribution in [0.2, 0.25) is 19.6 Å². The summed E-state index contributed by atoms with van der Waals surface area (Å²) in [5.74, 6) is 0. The second kappa shape index (κ2) is 3.65. The lowest BCUT2D eigenvalue weighted by molar-refractivity contribution is 1.06. The van der Waals surface area contributed by atoms with Crippen molar-refractivity contribution < 1.29 is 0 Å². The highest BCUT2D eigenvalue weighted by Gasteiger charge is 2.09. The molecule has 0 saturated heterocycles. The zero-order valence-corrected chi connectivity index (χ0v) is 10.5. The summed E-state index contributed by atoms with van der Waals surface area (Å²) in [6.45, 7) is 6.41. The minimum Gasteiger partial charge on any atom is -0.289 e. The quantitative estimate of drug-likeness (QED) is 0.550. The number of nitrogens with zero attached hydrogens (tertiary/aromatic N) is 2. The number of hydrogen-bond donors (Lipinski definition) is 1. The van der Waals surface area contributed by atoms with Crippen molar-refractivity contribution in [2.24, 2.45) is 0 Å². The zero-order chi connectivity index (χ0) is 11.8. The number of pyridine rings is 1. The third-order valence-electron chi connectivity index (χ3n) is 2.00. The molecule has 82 valence electrons. The van der Waals surface area contributed by atoms with Gasteiger partial charge in [0.2, 0.25) is 0 Å². The minimum atomic E-state index is -1.48. The van der Waals surface area contributed by atoms with Crippen LogP contribution in [0.5, 0.6) is 0 Å². The van der Waals surface area contributed by atoms with Crippen molar-refractivity contribution in [2.45, 2.75) is 19.6 Å². The summed E-state index contributed by atoms with van der Waals surface area (Å²) < 4.78 is 1.43. The van der Waals surface area contributed by atoms with E-state index in [4.69, 9.17) is 0 Å². The molecule has 1 N–H and O–H groups in total. The Morgan fingerprint density at radius 2 is 2.19 bits per heavy atom. The van der Waals surface area contributed by atoms with E-state index in [1.165, 1.54) is 4.57 Å². The molecule has 0 radical (unpaired) electrons. The first-order valence-corrected chi connectivity index (χ1v) is 8.56. The fraction of sp³-hybridized carbons (Fsp3) is 0.273. The topological polar surface area (TPSA) is 50.7 Å². The van der Waals surface area contributed by atoms with E-state index in [0.29, 0.717) is 5.65 Å². The Bertz CT molecular complexity index is 637. The number of hydrogen-bond acceptors (Lipinski definition) is 2. The van der Waals surface area contributed by atoms with E-state index in [1.807, 2.05) is 6.07 Å². The third kappa shape index (κ3) is 2.07. The summed E-state index contributed by atoms with van der Waals surface area (Å²) in [7, 11) is -1.48. The molecular formula is C11H13N3OSi. The lowest BCUT2D eigenvalue weighted by atomic mass is 10.4. The molecule has 0 spiro atoms. The molecule has 0 aliphatic heterocycles. The molecule has 4 nitrogen and oxygen atoms in total. The summed E-state index contributed by atoms with van der Waals surface area (Å²) in [4.78, 5) is 18.4. The number of H-pyrrole nitrogens is 1. The molecule has 0 bridgehead atoms. The maximum Gasteiger partial charge on any atom is 0.339 e. The summed E-state index contributed by atoms with van der Waals surface area (Å²) in [6, 6.07) is 6.55. The van der Waals surface area contributed by atoms with Crippen molar-refractivity contribution in [3.05, 3.63) is 28.8 Å². The molecule has 0 aliphatic rings. The molecule has 0 unspecified atom stereocenters. The number of imidazole rings is 1. The van der Waals surface area contributed by atoms with E-state index in [2.05, 4.69) is 41.2 Å². The van der Waals surface area contributed by atoms with Gasteiger partial charge in [-0.05, 0) is 12.1 Å². The highest BCUT2D eigenvalue weighted by molar-refractivity contribution is 6.83. The van der Waals surface area contributed by atoms with Crippen molar-refractivity contribution in [3.8, 4) is 11.6 Å². The van der Waals surface area contributed by atoms with Gasteiger partial charge in [-0.3, -0.25) is 4.98 Å². The average Bonchev–Trinajstić information content (AvgIpc) is 2.49. The van der Waals surface area contributed by atoms with E-state index < -0.39 is 8.07 Å². The van der Waals surface area contributed by atoms with Gasteiger partial charge in [0.15, 0.2) is 5.65 Å². The second-order valence-corrected chi connectivity index (χ2v) is 9.37. The fourth-order valence-corrected chi connectivity index (χ4v) is 1.72. The summed E-state index contributed by atoms with van der Waals surface area (Å²) in [6.07, 6.45) is 1.65. The number of nitrogens with one attached hydrogen (secondary N) is 1. The van der Waals surface area contributed by atoms with Crippen LogP contribution in [-0.4, -0.2) is 22.6 Å². The Kier molecular flexibility index (Phi) is 2.44. The maximum atomic E-state index is 11.6. The fourth-order valence-electron chi connectivity index (χ4n) is 1.27. The standard InChI is InChI=1S/C11H13N3OSi/c1-16(2,3)8-7-14-9-5-4-6-12-10(9)13-11(14)15/h4-6H,1-3H3,(H,12,13,15). The Morgan fingerprint density at radius 1 is 1.44 bits per heavy atom. The van der Waals surface area contributed by atoms with Gasteiger partial charge >= 0.3 is 5.69 Å². The second-order valence-electron chi connectivity index (χ2n) is 4.62. The predicted molar refractivity (Wildman–Crippen MR) is 66.9 cm³/mol. The summed E-state index contributed by atoms with van der Waals surface area (Å²) >= 11 is 0. The Balaban J connectivity index is 2.64. The van der Waals surface area contributed by atoms with Crippen LogP contribution in [0.1, 0.15) is 0 Å². The largest absolute Gasteiger partial charge is 0.339 e. The van der Waals surface area contributed by atoms with E-state index in [-0.39, 0.29) is 5.69 Å².